The molecule has 0 aliphatic rings. The molecule has 3 aromatic rings. The van der Waals surface area contributed by atoms with Crippen LogP contribution in [0.1, 0.15) is 0 Å². The first-order valence-electron chi connectivity index (χ1n) is 8.56. The molecule has 0 aliphatic carbocycles. The normalized spacial score (nSPS) is 10.8. The predicted molar refractivity (Wildman–Crippen MR) is 112 cm³/mol. The number of hydrogen-bond donors (Lipinski definition) is 5. The number of hydrogen-bond acceptors (Lipinski definition) is 6. The number of amides is 1. The van der Waals surface area contributed by atoms with Crippen LogP contribution >= 0.6 is 12.2 Å². The van der Waals surface area contributed by atoms with Crippen molar-refractivity contribution < 1.29 is 18.0 Å². The highest BCUT2D eigenvalue weighted by Crippen LogP contribution is 2.26. The minimum Gasteiger partial charge on any atom is -0.331 e. The maximum atomic E-state index is 12.6. The van der Waals surface area contributed by atoms with Crippen LogP contribution in [0, 0.1) is 0 Å². The van der Waals surface area contributed by atoms with Gasteiger partial charge in [-0.15, -0.1) is 10.2 Å². The number of aromatic nitrogens is 3. The van der Waals surface area contributed by atoms with E-state index in [0.29, 0.717) is 0 Å². The van der Waals surface area contributed by atoms with E-state index < -0.39 is 17.6 Å². The van der Waals surface area contributed by atoms with E-state index in [-0.39, 0.29) is 28.0 Å². The van der Waals surface area contributed by atoms with Crippen molar-refractivity contribution in [1.82, 2.24) is 20.6 Å². The van der Waals surface area contributed by atoms with Gasteiger partial charge in [0.25, 0.3) is 5.56 Å². The van der Waals surface area contributed by atoms with Gasteiger partial charge in [0.05, 0.1) is 5.69 Å². The third-order valence-corrected chi connectivity index (χ3v) is 3.92. The summed E-state index contributed by atoms with van der Waals surface area (Å²) in [6.07, 6.45) is -5.09. The molecule has 0 bridgehead atoms. The van der Waals surface area contributed by atoms with E-state index in [1.54, 1.807) is 17.4 Å². The van der Waals surface area contributed by atoms with Gasteiger partial charge in [-0.05, 0) is 30.4 Å². The SMILES string of the molecule is O=C(Nc1ccccc1-c1nnc(NNC(=S)Nc2ccccc2)[nH]c1=O)C(F)(F)F. The minimum atomic E-state index is -5.09. The van der Waals surface area contributed by atoms with Crippen molar-refractivity contribution >= 4 is 40.6 Å². The van der Waals surface area contributed by atoms with Crippen molar-refractivity contribution in [2.45, 2.75) is 6.18 Å². The molecule has 5 N–H and O–H groups in total. The average Bonchev–Trinajstić information content (AvgIpc) is 2.73. The Labute approximate surface area is 178 Å². The van der Waals surface area contributed by atoms with Gasteiger partial charge in [0.15, 0.2) is 10.8 Å². The van der Waals surface area contributed by atoms with Crippen LogP contribution in [0.4, 0.5) is 30.5 Å². The Morgan fingerprint density at radius 1 is 0.968 bits per heavy atom. The van der Waals surface area contributed by atoms with Crippen LogP contribution in [0.15, 0.2) is 59.4 Å². The maximum Gasteiger partial charge on any atom is 0.471 e. The monoisotopic (exact) mass is 449 g/mol. The first-order valence-corrected chi connectivity index (χ1v) is 8.97. The second-order valence-electron chi connectivity index (χ2n) is 5.92. The molecule has 1 heterocycles. The molecule has 1 amide bonds. The smallest absolute Gasteiger partial charge is 0.331 e. The van der Waals surface area contributed by atoms with Crippen LogP contribution < -0.4 is 27.0 Å². The molecule has 0 saturated carbocycles. The number of carbonyl (C=O) groups excluding carboxylic acids is 1. The number of anilines is 3. The van der Waals surface area contributed by atoms with E-state index in [0.717, 1.165) is 5.69 Å². The topological polar surface area (TPSA) is 124 Å². The van der Waals surface area contributed by atoms with Gasteiger partial charge in [-0.3, -0.25) is 25.4 Å². The van der Waals surface area contributed by atoms with Gasteiger partial charge in [-0.2, -0.15) is 13.2 Å². The number of nitrogens with one attached hydrogen (secondary N) is 5. The molecule has 2 aromatic carbocycles. The number of halogens is 3. The fourth-order valence-corrected chi connectivity index (χ4v) is 2.53. The summed E-state index contributed by atoms with van der Waals surface area (Å²) in [6.45, 7) is 0. The predicted octanol–water partition coefficient (Wildman–Crippen LogP) is 2.65. The van der Waals surface area contributed by atoms with Crippen molar-refractivity contribution in [3.63, 3.8) is 0 Å². The van der Waals surface area contributed by atoms with Crippen molar-refractivity contribution in [1.29, 1.82) is 0 Å². The number of nitrogens with zero attached hydrogens (tertiary/aromatic N) is 2. The molecule has 0 unspecified atom stereocenters. The molecule has 0 atom stereocenters. The summed E-state index contributed by atoms with van der Waals surface area (Å²) in [7, 11) is 0. The number of hydrazine groups is 1. The lowest BCUT2D eigenvalue weighted by Crippen LogP contribution is -2.35. The lowest BCUT2D eigenvalue weighted by molar-refractivity contribution is -0.167. The molecule has 0 aliphatic heterocycles. The Bertz CT molecular complexity index is 1150. The molecule has 3 rings (SSSR count). The molecule has 1 aromatic heterocycles. The van der Waals surface area contributed by atoms with Gasteiger partial charge in [-0.1, -0.05) is 36.4 Å². The third-order valence-electron chi connectivity index (χ3n) is 3.71. The van der Waals surface area contributed by atoms with Crippen molar-refractivity contribution in [3.8, 4) is 11.3 Å². The number of thiocarbonyl (C=S) groups is 1. The van der Waals surface area contributed by atoms with Gasteiger partial charge in [-0.25, -0.2) is 0 Å². The minimum absolute atomic E-state index is 0.0328. The summed E-state index contributed by atoms with van der Waals surface area (Å²) in [4.78, 5) is 26.0. The molecular weight excluding hydrogens is 435 g/mol. The Hall–Kier alpha value is -4.00. The fraction of sp³-hybridized carbons (Fsp3) is 0.0556. The zero-order valence-electron chi connectivity index (χ0n) is 15.4. The second kappa shape index (κ2) is 9.21. The van der Waals surface area contributed by atoms with Gasteiger partial charge in [0.1, 0.15) is 0 Å². The van der Waals surface area contributed by atoms with E-state index in [1.165, 1.54) is 24.3 Å². The summed E-state index contributed by atoms with van der Waals surface area (Å²) in [6, 6.07) is 14.5. The Balaban J connectivity index is 1.72. The molecule has 0 radical (unpaired) electrons. The fourth-order valence-electron chi connectivity index (χ4n) is 2.36. The van der Waals surface area contributed by atoms with E-state index in [9.17, 15) is 22.8 Å². The largest absolute Gasteiger partial charge is 0.471 e. The quantitative estimate of drug-likeness (QED) is 0.298. The molecular formula is C18H14F3N7O2S. The zero-order chi connectivity index (χ0) is 22.4. The highest BCUT2D eigenvalue weighted by atomic mass is 32.1. The lowest BCUT2D eigenvalue weighted by Gasteiger charge is -2.13. The van der Waals surface area contributed by atoms with Gasteiger partial charge < -0.3 is 10.6 Å². The molecule has 9 nitrogen and oxygen atoms in total. The Morgan fingerprint density at radius 3 is 2.32 bits per heavy atom. The maximum absolute atomic E-state index is 12.6. The van der Waals surface area contributed by atoms with E-state index in [2.05, 4.69) is 31.3 Å². The highest BCUT2D eigenvalue weighted by molar-refractivity contribution is 7.80. The standard InChI is InChI=1S/C18H14F3N7O2S/c19-18(20,21)15(30)23-12-9-5-4-8-11(12)13-14(29)24-16(26-25-13)27-28-17(31)22-10-6-2-1-3-7-10/h1-9H,(H,23,30)(H2,22,28,31)(H2,24,26,27,29). The lowest BCUT2D eigenvalue weighted by atomic mass is 10.1. The summed E-state index contributed by atoms with van der Waals surface area (Å²) in [5.74, 6) is -2.27. The van der Waals surface area contributed by atoms with E-state index in [1.807, 2.05) is 18.2 Å². The number of H-pyrrole nitrogens is 1. The van der Waals surface area contributed by atoms with Crippen LogP contribution in [0.3, 0.4) is 0 Å². The van der Waals surface area contributed by atoms with Crippen molar-refractivity contribution in [2.24, 2.45) is 0 Å². The van der Waals surface area contributed by atoms with Crippen molar-refractivity contribution in [3.05, 3.63) is 65.0 Å². The number of aromatic amines is 1. The first-order chi connectivity index (χ1) is 14.7. The molecule has 0 fully saturated rings. The van der Waals surface area contributed by atoms with E-state index in [4.69, 9.17) is 12.2 Å². The number of rotatable bonds is 5. The molecule has 13 heteroatoms. The van der Waals surface area contributed by atoms with Crippen LogP contribution in [-0.2, 0) is 4.79 Å². The molecule has 31 heavy (non-hydrogen) atoms. The highest BCUT2D eigenvalue weighted by Gasteiger charge is 2.39. The van der Waals surface area contributed by atoms with Crippen molar-refractivity contribution in [2.75, 3.05) is 16.1 Å². The van der Waals surface area contributed by atoms with Crippen LogP contribution in [-0.4, -0.2) is 32.4 Å². The summed E-state index contributed by atoms with van der Waals surface area (Å²) in [5, 5.41) is 12.3. The van der Waals surface area contributed by atoms with Crippen LogP contribution in [0.25, 0.3) is 11.3 Å². The number of carbonyl (C=O) groups is 1. The third kappa shape index (κ3) is 5.76. The molecule has 0 saturated heterocycles. The molecule has 0 spiro atoms. The van der Waals surface area contributed by atoms with E-state index >= 15 is 0 Å². The van der Waals surface area contributed by atoms with Crippen LogP contribution in [0.5, 0.6) is 0 Å². The number of alkyl halides is 3. The Kier molecular flexibility index (Phi) is 6.45. The zero-order valence-corrected chi connectivity index (χ0v) is 16.3. The summed E-state index contributed by atoms with van der Waals surface area (Å²) >= 11 is 5.10. The van der Waals surface area contributed by atoms with Crippen LogP contribution in [0.2, 0.25) is 0 Å². The number of para-hydroxylation sites is 2. The van der Waals surface area contributed by atoms with Gasteiger partial charge in [0.2, 0.25) is 5.95 Å². The summed E-state index contributed by atoms with van der Waals surface area (Å²) < 4.78 is 37.7. The average molecular weight is 449 g/mol. The summed E-state index contributed by atoms with van der Waals surface area (Å²) in [5.41, 5.74) is 4.57. The molecule has 160 valence electrons. The van der Waals surface area contributed by atoms with Gasteiger partial charge in [0, 0.05) is 11.3 Å². The number of benzene rings is 2. The first kappa shape index (κ1) is 21.7. The second-order valence-corrected chi connectivity index (χ2v) is 6.33. The Morgan fingerprint density at radius 2 is 1.65 bits per heavy atom. The van der Waals surface area contributed by atoms with Gasteiger partial charge >= 0.3 is 12.1 Å².